The molecule has 2 aliphatic heterocycles. The zero-order valence-corrected chi connectivity index (χ0v) is 10.7. The largest absolute Gasteiger partial charge is 0.388 e. The maximum Gasteiger partial charge on any atom is 0.254 e. The van der Waals surface area contributed by atoms with Gasteiger partial charge in [0.05, 0.1) is 12.2 Å². The van der Waals surface area contributed by atoms with Crippen LogP contribution in [0.15, 0.2) is 18.2 Å². The summed E-state index contributed by atoms with van der Waals surface area (Å²) in [7, 11) is 0. The molecule has 5 nitrogen and oxygen atoms in total. The van der Waals surface area contributed by atoms with Gasteiger partial charge in [-0.2, -0.15) is 0 Å². The Kier molecular flexibility index (Phi) is 3.16. The first kappa shape index (κ1) is 12.4. The first-order valence-corrected chi connectivity index (χ1v) is 6.67. The summed E-state index contributed by atoms with van der Waals surface area (Å²) in [5.41, 5.74) is 2.89. The molecule has 19 heavy (non-hydrogen) atoms. The summed E-state index contributed by atoms with van der Waals surface area (Å²) in [5, 5.41) is 22.3. The number of hydrogen-bond acceptors (Lipinski definition) is 4. The Hall–Kier alpha value is -1.59. The quantitative estimate of drug-likeness (QED) is 0.677. The molecule has 0 bridgehead atoms. The van der Waals surface area contributed by atoms with Crippen molar-refractivity contribution in [2.75, 3.05) is 25.0 Å². The fourth-order valence-electron chi connectivity index (χ4n) is 2.73. The van der Waals surface area contributed by atoms with Gasteiger partial charge in [0.2, 0.25) is 0 Å². The first-order chi connectivity index (χ1) is 9.15. The van der Waals surface area contributed by atoms with E-state index >= 15 is 0 Å². The molecule has 2 unspecified atom stereocenters. The van der Waals surface area contributed by atoms with Crippen molar-refractivity contribution in [2.45, 2.75) is 25.0 Å². The number of likely N-dealkylation sites (tertiary alicyclic amines) is 1. The normalized spacial score (nSPS) is 25.9. The lowest BCUT2D eigenvalue weighted by Gasteiger charge is -2.20. The van der Waals surface area contributed by atoms with Gasteiger partial charge in [0.25, 0.3) is 5.91 Å². The molecule has 0 saturated carbocycles. The topological polar surface area (TPSA) is 72.8 Å². The minimum absolute atomic E-state index is 0.121. The second-order valence-electron chi connectivity index (χ2n) is 5.25. The molecule has 1 amide bonds. The first-order valence-electron chi connectivity index (χ1n) is 6.67. The summed E-state index contributed by atoms with van der Waals surface area (Å²) in [6.45, 7) is 1.38. The van der Waals surface area contributed by atoms with Crippen molar-refractivity contribution in [2.24, 2.45) is 0 Å². The number of hydrogen-bond donors (Lipinski definition) is 3. The van der Waals surface area contributed by atoms with Crippen LogP contribution < -0.4 is 5.32 Å². The Bertz CT molecular complexity index is 493. The van der Waals surface area contributed by atoms with Crippen molar-refractivity contribution in [3.8, 4) is 0 Å². The van der Waals surface area contributed by atoms with Crippen LogP contribution in [0.25, 0.3) is 0 Å². The predicted octanol–water partition coefficient (Wildman–Crippen LogP) is 0.222. The monoisotopic (exact) mass is 262 g/mol. The Morgan fingerprint density at radius 3 is 2.74 bits per heavy atom. The van der Waals surface area contributed by atoms with Gasteiger partial charge in [-0.1, -0.05) is 0 Å². The van der Waals surface area contributed by atoms with E-state index in [1.807, 2.05) is 12.1 Å². The Morgan fingerprint density at radius 2 is 2.00 bits per heavy atom. The average molecular weight is 262 g/mol. The molecule has 2 heterocycles. The maximum absolute atomic E-state index is 12.3. The molecular formula is C14H18N2O3. The van der Waals surface area contributed by atoms with E-state index < -0.39 is 12.2 Å². The summed E-state index contributed by atoms with van der Waals surface area (Å²) in [4.78, 5) is 13.8. The van der Waals surface area contributed by atoms with Crippen LogP contribution in [0, 0.1) is 0 Å². The van der Waals surface area contributed by atoms with Crippen LogP contribution in [0.4, 0.5) is 5.69 Å². The van der Waals surface area contributed by atoms with Crippen LogP contribution in [0.2, 0.25) is 0 Å². The molecule has 0 aliphatic carbocycles. The third-order valence-electron chi connectivity index (χ3n) is 3.84. The summed E-state index contributed by atoms with van der Waals surface area (Å²) in [5.74, 6) is -0.121. The van der Waals surface area contributed by atoms with Crippen molar-refractivity contribution in [1.82, 2.24) is 4.90 Å². The highest BCUT2D eigenvalue weighted by atomic mass is 16.3. The minimum atomic E-state index is -0.830. The second kappa shape index (κ2) is 4.83. The van der Waals surface area contributed by atoms with Gasteiger partial charge in [0.15, 0.2) is 0 Å². The van der Waals surface area contributed by atoms with Gasteiger partial charge < -0.3 is 20.4 Å². The minimum Gasteiger partial charge on any atom is -0.388 e. The van der Waals surface area contributed by atoms with Crippen LogP contribution in [-0.4, -0.2) is 52.9 Å². The number of benzene rings is 1. The molecule has 1 aromatic carbocycles. The number of amides is 1. The lowest BCUT2D eigenvalue weighted by molar-refractivity contribution is 0.0572. The molecule has 3 rings (SSSR count). The molecule has 102 valence electrons. The smallest absolute Gasteiger partial charge is 0.254 e. The lowest BCUT2D eigenvalue weighted by Crippen LogP contribution is -2.30. The highest BCUT2D eigenvalue weighted by Crippen LogP contribution is 2.24. The number of carbonyl (C=O) groups excluding carboxylic acids is 1. The van der Waals surface area contributed by atoms with E-state index in [2.05, 4.69) is 5.32 Å². The summed E-state index contributed by atoms with van der Waals surface area (Å²) in [6.07, 6.45) is 0.395. The van der Waals surface area contributed by atoms with Gasteiger partial charge >= 0.3 is 0 Å². The van der Waals surface area contributed by atoms with E-state index in [1.165, 1.54) is 4.90 Å². The summed E-state index contributed by atoms with van der Waals surface area (Å²) in [6, 6.07) is 5.65. The molecule has 1 aromatic rings. The second-order valence-corrected chi connectivity index (χ2v) is 5.25. The standard InChI is InChI=1S/C14H18N2O3/c17-12-7-16(8-13(12)18)14(19)10-3-4-11-9(6-10)2-1-5-15-11/h3-4,6,12-13,15,17-18H,1-2,5,7-8H2. The summed E-state index contributed by atoms with van der Waals surface area (Å²) >= 11 is 0. The van der Waals surface area contributed by atoms with Crippen molar-refractivity contribution in [1.29, 1.82) is 0 Å². The molecule has 0 aromatic heterocycles. The number of carbonyl (C=O) groups is 1. The SMILES string of the molecule is O=C(c1ccc2c(c1)CCCN2)N1CC(O)C(O)C1. The van der Waals surface area contributed by atoms with Crippen LogP contribution in [0.3, 0.4) is 0 Å². The zero-order chi connectivity index (χ0) is 13.4. The Morgan fingerprint density at radius 1 is 1.26 bits per heavy atom. The number of nitrogens with zero attached hydrogens (tertiary/aromatic N) is 1. The molecule has 2 atom stereocenters. The number of aliphatic hydroxyl groups excluding tert-OH is 2. The molecule has 2 aliphatic rings. The fraction of sp³-hybridized carbons (Fsp3) is 0.500. The van der Waals surface area contributed by atoms with E-state index in [0.717, 1.165) is 30.6 Å². The summed E-state index contributed by atoms with van der Waals surface area (Å²) < 4.78 is 0. The van der Waals surface area contributed by atoms with Gasteiger partial charge in [-0.05, 0) is 36.6 Å². The van der Waals surface area contributed by atoms with E-state index in [0.29, 0.717) is 5.56 Å². The predicted molar refractivity (Wildman–Crippen MR) is 71.2 cm³/mol. The molecule has 0 radical (unpaired) electrons. The molecule has 3 N–H and O–H groups in total. The number of β-amino-alcohol motifs (C(OH)–C–C–N with tert-alkyl or cyclic N) is 2. The molecule has 1 saturated heterocycles. The third-order valence-corrected chi connectivity index (χ3v) is 3.84. The van der Waals surface area contributed by atoms with Crippen LogP contribution in [0.5, 0.6) is 0 Å². The highest BCUT2D eigenvalue weighted by molar-refractivity contribution is 5.95. The number of anilines is 1. The van der Waals surface area contributed by atoms with Crippen LogP contribution in [0.1, 0.15) is 22.3 Å². The number of rotatable bonds is 1. The number of aryl methyl sites for hydroxylation is 1. The third kappa shape index (κ3) is 2.31. The lowest BCUT2D eigenvalue weighted by atomic mass is 10.0. The van der Waals surface area contributed by atoms with Crippen molar-refractivity contribution < 1.29 is 15.0 Å². The van der Waals surface area contributed by atoms with Gasteiger partial charge in [-0.25, -0.2) is 0 Å². The van der Waals surface area contributed by atoms with Gasteiger partial charge in [0, 0.05) is 30.9 Å². The maximum atomic E-state index is 12.3. The van der Waals surface area contributed by atoms with Gasteiger partial charge in [-0.3, -0.25) is 4.79 Å². The van der Waals surface area contributed by atoms with Gasteiger partial charge in [0.1, 0.15) is 0 Å². The van der Waals surface area contributed by atoms with Crippen molar-refractivity contribution >= 4 is 11.6 Å². The van der Waals surface area contributed by atoms with E-state index in [-0.39, 0.29) is 19.0 Å². The molecule has 5 heteroatoms. The van der Waals surface area contributed by atoms with Gasteiger partial charge in [-0.15, -0.1) is 0 Å². The number of fused-ring (bicyclic) bond motifs is 1. The van der Waals surface area contributed by atoms with E-state index in [1.54, 1.807) is 6.07 Å². The Labute approximate surface area is 111 Å². The number of aliphatic hydroxyl groups is 2. The fourth-order valence-corrected chi connectivity index (χ4v) is 2.73. The highest BCUT2D eigenvalue weighted by Gasteiger charge is 2.33. The Balaban J connectivity index is 1.80. The molecule has 0 spiro atoms. The van der Waals surface area contributed by atoms with Crippen molar-refractivity contribution in [3.63, 3.8) is 0 Å². The zero-order valence-electron chi connectivity index (χ0n) is 10.7. The number of nitrogens with one attached hydrogen (secondary N) is 1. The van der Waals surface area contributed by atoms with Crippen molar-refractivity contribution in [3.05, 3.63) is 29.3 Å². The van der Waals surface area contributed by atoms with Crippen LogP contribution >= 0.6 is 0 Å². The molecule has 1 fully saturated rings. The average Bonchev–Trinajstić information content (AvgIpc) is 2.77. The van der Waals surface area contributed by atoms with Crippen LogP contribution in [-0.2, 0) is 6.42 Å². The van der Waals surface area contributed by atoms with E-state index in [4.69, 9.17) is 0 Å². The van der Waals surface area contributed by atoms with E-state index in [9.17, 15) is 15.0 Å². The molecular weight excluding hydrogens is 244 g/mol.